The minimum absolute atomic E-state index is 0.388. The molecule has 0 bridgehead atoms. The number of morpholine rings is 1. The van der Waals surface area contributed by atoms with Gasteiger partial charge >= 0.3 is 0 Å². The van der Waals surface area contributed by atoms with E-state index in [2.05, 4.69) is 45.0 Å². The van der Waals surface area contributed by atoms with Crippen LogP contribution < -0.4 is 10.6 Å². The second-order valence-electron chi connectivity index (χ2n) is 6.10. The number of rotatable bonds is 5. The first-order valence-electron chi connectivity index (χ1n) is 8.10. The van der Waals surface area contributed by atoms with E-state index in [0.717, 1.165) is 44.7 Å². The normalized spacial score (nSPS) is 27.5. The summed E-state index contributed by atoms with van der Waals surface area (Å²) in [5, 5.41) is 9.16. The number of thiophene rings is 1. The zero-order valence-electron chi connectivity index (χ0n) is 13.4. The highest BCUT2D eigenvalue weighted by molar-refractivity contribution is 7.10. The summed E-state index contributed by atoms with van der Waals surface area (Å²) >= 11 is 1.83. The Morgan fingerprint density at radius 2 is 2.27 bits per heavy atom. The molecule has 0 radical (unpaired) electrons. The maximum atomic E-state index is 5.49. The van der Waals surface area contributed by atoms with Crippen LogP contribution in [-0.2, 0) is 4.74 Å². The molecule has 6 heteroatoms. The summed E-state index contributed by atoms with van der Waals surface area (Å²) < 4.78 is 5.49. The summed E-state index contributed by atoms with van der Waals surface area (Å²) in [4.78, 5) is 8.27. The van der Waals surface area contributed by atoms with Crippen molar-refractivity contribution in [3.8, 4) is 0 Å². The first-order valence-corrected chi connectivity index (χ1v) is 8.98. The number of hydrogen-bond acceptors (Lipinski definition) is 4. The lowest BCUT2D eigenvalue weighted by molar-refractivity contribution is 0.0177. The SMILES string of the molecule is CN=C(NCC(c1cccs1)N1CCOCC1)NC1CC1C. The van der Waals surface area contributed by atoms with Gasteiger partial charge in [-0.15, -0.1) is 11.3 Å². The Labute approximate surface area is 136 Å². The molecule has 3 atom stereocenters. The molecular weight excluding hydrogens is 296 g/mol. The highest BCUT2D eigenvalue weighted by Crippen LogP contribution is 2.29. The van der Waals surface area contributed by atoms with Crippen LogP contribution in [0, 0.1) is 5.92 Å². The standard InChI is InChI=1S/C16H26N4OS/c1-12-10-13(12)19-16(17-2)18-11-14(15-4-3-9-22-15)20-5-7-21-8-6-20/h3-4,9,12-14H,5-8,10-11H2,1-2H3,(H2,17,18,19). The third-order valence-electron chi connectivity index (χ3n) is 4.48. The molecule has 1 saturated carbocycles. The van der Waals surface area contributed by atoms with Crippen LogP contribution in [0.25, 0.3) is 0 Å². The monoisotopic (exact) mass is 322 g/mol. The van der Waals surface area contributed by atoms with Gasteiger partial charge in [-0.1, -0.05) is 13.0 Å². The van der Waals surface area contributed by atoms with E-state index < -0.39 is 0 Å². The van der Waals surface area contributed by atoms with Crippen LogP contribution in [0.5, 0.6) is 0 Å². The second kappa shape index (κ2) is 7.44. The molecule has 5 nitrogen and oxygen atoms in total. The van der Waals surface area contributed by atoms with Gasteiger partial charge in [0.25, 0.3) is 0 Å². The number of nitrogens with one attached hydrogen (secondary N) is 2. The van der Waals surface area contributed by atoms with Crippen LogP contribution >= 0.6 is 11.3 Å². The number of guanidine groups is 1. The van der Waals surface area contributed by atoms with Crippen molar-refractivity contribution in [1.82, 2.24) is 15.5 Å². The molecule has 1 aromatic heterocycles. The summed E-state index contributed by atoms with van der Waals surface area (Å²) in [5.41, 5.74) is 0. The third-order valence-corrected chi connectivity index (χ3v) is 5.45. The van der Waals surface area contributed by atoms with Crippen LogP contribution in [0.15, 0.2) is 22.5 Å². The molecule has 1 aromatic rings. The molecule has 1 aliphatic carbocycles. The van der Waals surface area contributed by atoms with Crippen molar-refractivity contribution >= 4 is 17.3 Å². The summed E-state index contributed by atoms with van der Waals surface area (Å²) in [6, 6.07) is 5.34. The number of nitrogens with zero attached hydrogens (tertiary/aromatic N) is 2. The minimum Gasteiger partial charge on any atom is -0.379 e. The largest absolute Gasteiger partial charge is 0.379 e. The van der Waals surface area contributed by atoms with E-state index in [1.807, 2.05) is 18.4 Å². The summed E-state index contributed by atoms with van der Waals surface area (Å²) in [6.07, 6.45) is 1.25. The Kier molecular flexibility index (Phi) is 5.33. The molecule has 2 N–H and O–H groups in total. The second-order valence-corrected chi connectivity index (χ2v) is 7.08. The molecule has 2 aliphatic rings. The first-order chi connectivity index (χ1) is 10.8. The lowest BCUT2D eigenvalue weighted by atomic mass is 10.2. The van der Waals surface area contributed by atoms with Crippen LogP contribution in [0.1, 0.15) is 24.3 Å². The van der Waals surface area contributed by atoms with Gasteiger partial charge in [-0.25, -0.2) is 0 Å². The van der Waals surface area contributed by atoms with Gasteiger partial charge in [0.2, 0.25) is 0 Å². The number of ether oxygens (including phenoxy) is 1. The fourth-order valence-electron chi connectivity index (χ4n) is 2.87. The van der Waals surface area contributed by atoms with Crippen molar-refractivity contribution < 1.29 is 4.74 Å². The van der Waals surface area contributed by atoms with E-state index in [1.165, 1.54) is 11.3 Å². The van der Waals surface area contributed by atoms with Gasteiger partial charge in [0.05, 0.1) is 19.3 Å². The van der Waals surface area contributed by atoms with Gasteiger partial charge in [0.1, 0.15) is 0 Å². The molecule has 3 rings (SSSR count). The van der Waals surface area contributed by atoms with E-state index in [4.69, 9.17) is 4.74 Å². The molecule has 0 aromatic carbocycles. The topological polar surface area (TPSA) is 48.9 Å². The summed E-state index contributed by atoms with van der Waals surface area (Å²) in [5.74, 6) is 1.69. The van der Waals surface area contributed by atoms with Gasteiger partial charge in [0.15, 0.2) is 5.96 Å². The van der Waals surface area contributed by atoms with Crippen LogP contribution in [0.2, 0.25) is 0 Å². The van der Waals surface area contributed by atoms with Gasteiger partial charge in [-0.3, -0.25) is 9.89 Å². The van der Waals surface area contributed by atoms with E-state index in [-0.39, 0.29) is 0 Å². The van der Waals surface area contributed by atoms with Crippen molar-refractivity contribution in [3.63, 3.8) is 0 Å². The average Bonchev–Trinajstić information content (AvgIpc) is 3.02. The molecule has 22 heavy (non-hydrogen) atoms. The highest BCUT2D eigenvalue weighted by atomic mass is 32.1. The van der Waals surface area contributed by atoms with Gasteiger partial charge in [-0.05, 0) is 23.8 Å². The zero-order chi connectivity index (χ0) is 15.4. The van der Waals surface area contributed by atoms with Crippen molar-refractivity contribution in [2.24, 2.45) is 10.9 Å². The zero-order valence-corrected chi connectivity index (χ0v) is 14.2. The Hall–Kier alpha value is -1.11. The molecule has 122 valence electrons. The van der Waals surface area contributed by atoms with Crippen LogP contribution in [-0.4, -0.2) is 56.8 Å². The van der Waals surface area contributed by atoms with Crippen molar-refractivity contribution in [1.29, 1.82) is 0 Å². The molecule has 2 fully saturated rings. The van der Waals surface area contributed by atoms with Gasteiger partial charge in [-0.2, -0.15) is 0 Å². The first kappa shape index (κ1) is 15.8. The molecule has 1 aliphatic heterocycles. The number of hydrogen-bond donors (Lipinski definition) is 2. The summed E-state index contributed by atoms with van der Waals surface area (Å²) in [7, 11) is 1.84. The van der Waals surface area contributed by atoms with Crippen LogP contribution in [0.3, 0.4) is 0 Å². The van der Waals surface area contributed by atoms with E-state index in [1.54, 1.807) is 0 Å². The Balaban J connectivity index is 1.59. The molecule has 0 amide bonds. The Morgan fingerprint density at radius 1 is 1.50 bits per heavy atom. The lowest BCUT2D eigenvalue weighted by Crippen LogP contribution is -2.46. The van der Waals surface area contributed by atoms with Gasteiger partial charge in [0, 0.05) is 37.6 Å². The quantitative estimate of drug-likeness (QED) is 0.640. The van der Waals surface area contributed by atoms with Crippen molar-refractivity contribution in [3.05, 3.63) is 22.4 Å². The minimum atomic E-state index is 0.388. The Morgan fingerprint density at radius 3 is 2.86 bits per heavy atom. The fourth-order valence-corrected chi connectivity index (χ4v) is 3.73. The van der Waals surface area contributed by atoms with Crippen LogP contribution in [0.4, 0.5) is 0 Å². The van der Waals surface area contributed by atoms with E-state index >= 15 is 0 Å². The molecule has 1 saturated heterocycles. The van der Waals surface area contributed by atoms with Crippen molar-refractivity contribution in [2.45, 2.75) is 25.4 Å². The van der Waals surface area contributed by atoms with E-state index in [0.29, 0.717) is 12.1 Å². The third kappa shape index (κ3) is 4.00. The van der Waals surface area contributed by atoms with Crippen molar-refractivity contribution in [2.75, 3.05) is 39.9 Å². The maximum Gasteiger partial charge on any atom is 0.191 e. The molecule has 0 spiro atoms. The predicted molar refractivity (Wildman–Crippen MR) is 91.5 cm³/mol. The smallest absolute Gasteiger partial charge is 0.191 e. The average molecular weight is 322 g/mol. The maximum absolute atomic E-state index is 5.49. The lowest BCUT2D eigenvalue weighted by Gasteiger charge is -2.34. The Bertz CT molecular complexity index is 484. The summed E-state index contributed by atoms with van der Waals surface area (Å²) in [6.45, 7) is 6.79. The predicted octanol–water partition coefficient (Wildman–Crippen LogP) is 1.69. The number of aliphatic imine (C=N–C) groups is 1. The molecule has 2 heterocycles. The molecular formula is C16H26N4OS. The fraction of sp³-hybridized carbons (Fsp3) is 0.688. The van der Waals surface area contributed by atoms with E-state index in [9.17, 15) is 0 Å². The molecule has 3 unspecified atom stereocenters. The van der Waals surface area contributed by atoms with Gasteiger partial charge < -0.3 is 15.4 Å². The highest BCUT2D eigenvalue weighted by Gasteiger charge is 2.33.